The maximum absolute atomic E-state index is 13.9. The van der Waals surface area contributed by atoms with Gasteiger partial charge in [-0.2, -0.15) is 0 Å². The molecular weight excluding hydrogens is 522 g/mol. The highest BCUT2D eigenvalue weighted by atomic mass is 35.5. The third-order valence-corrected chi connectivity index (χ3v) is 7.83. The molecule has 0 aliphatic heterocycles. The predicted molar refractivity (Wildman–Crippen MR) is 152 cm³/mol. The molecule has 3 aromatic rings. The maximum Gasteiger partial charge on any atom is 0.264 e. The van der Waals surface area contributed by atoms with Gasteiger partial charge in [-0.15, -0.1) is 0 Å². The number of carbonyl (C=O) groups excluding carboxylic acids is 2. The molecule has 1 N–H and O–H groups in total. The van der Waals surface area contributed by atoms with Gasteiger partial charge in [0.1, 0.15) is 12.6 Å². The number of nitrogens with one attached hydrogen (secondary N) is 1. The van der Waals surface area contributed by atoms with Crippen LogP contribution in [0.15, 0.2) is 83.8 Å². The first-order valence-corrected chi connectivity index (χ1v) is 14.1. The summed E-state index contributed by atoms with van der Waals surface area (Å²) in [5, 5.41) is 3.25. The minimum Gasteiger partial charge on any atom is -0.350 e. The number of halogens is 1. The molecule has 1 atom stereocenters. The van der Waals surface area contributed by atoms with Crippen molar-refractivity contribution in [1.82, 2.24) is 10.2 Å². The Balaban J connectivity index is 2.03. The van der Waals surface area contributed by atoms with Crippen molar-refractivity contribution in [3.63, 3.8) is 0 Å². The average molecular weight is 556 g/mol. The molecule has 0 heterocycles. The van der Waals surface area contributed by atoms with E-state index in [1.54, 1.807) is 43.3 Å². The molecular formula is C29H34ClN3O4S. The molecule has 1 unspecified atom stereocenters. The molecule has 0 saturated carbocycles. The Kier molecular flexibility index (Phi) is 9.22. The van der Waals surface area contributed by atoms with Crippen LogP contribution in [0.1, 0.15) is 38.8 Å². The van der Waals surface area contributed by atoms with Crippen molar-refractivity contribution in [1.29, 1.82) is 0 Å². The number of aryl methyl sites for hydroxylation is 1. The number of anilines is 1. The van der Waals surface area contributed by atoms with E-state index in [0.717, 1.165) is 15.4 Å². The van der Waals surface area contributed by atoms with Crippen LogP contribution in [-0.2, 0) is 26.2 Å². The molecule has 202 valence electrons. The third-order valence-electron chi connectivity index (χ3n) is 5.81. The molecule has 0 aromatic heterocycles. The first-order valence-electron chi connectivity index (χ1n) is 12.3. The summed E-state index contributed by atoms with van der Waals surface area (Å²) in [6, 6.07) is 21.0. The van der Waals surface area contributed by atoms with E-state index in [4.69, 9.17) is 11.6 Å². The fourth-order valence-corrected chi connectivity index (χ4v) is 5.56. The normalized spacial score (nSPS) is 12.5. The summed E-state index contributed by atoms with van der Waals surface area (Å²) in [4.78, 5) is 28.5. The van der Waals surface area contributed by atoms with Crippen molar-refractivity contribution in [2.24, 2.45) is 0 Å². The van der Waals surface area contributed by atoms with Crippen molar-refractivity contribution < 1.29 is 18.0 Å². The summed E-state index contributed by atoms with van der Waals surface area (Å²) in [5.41, 5.74) is 1.58. The minimum absolute atomic E-state index is 0.0385. The second-order valence-electron chi connectivity index (χ2n) is 10.2. The molecule has 2 amide bonds. The summed E-state index contributed by atoms with van der Waals surface area (Å²) in [6.07, 6.45) is 0. The standard InChI is InChI=1S/C29H34ClN3O4S/c1-21-11-9-12-23(17-21)19-32(22(2)28(35)31-29(3,4)5)27(34)20-33(25-14-10-13-24(30)18-25)38(36,37)26-15-7-6-8-16-26/h6-18,22H,19-20H2,1-5H3,(H,31,35). The maximum atomic E-state index is 13.9. The van der Waals surface area contributed by atoms with Gasteiger partial charge in [0, 0.05) is 17.1 Å². The first-order chi connectivity index (χ1) is 17.8. The van der Waals surface area contributed by atoms with Crippen molar-refractivity contribution in [2.45, 2.75) is 57.6 Å². The first kappa shape index (κ1) is 29.2. The molecule has 3 rings (SSSR count). The zero-order chi connectivity index (χ0) is 28.1. The highest BCUT2D eigenvalue weighted by Gasteiger charge is 2.33. The summed E-state index contributed by atoms with van der Waals surface area (Å²) in [7, 11) is -4.13. The number of amides is 2. The van der Waals surface area contributed by atoms with Crippen LogP contribution in [0.5, 0.6) is 0 Å². The molecule has 0 radical (unpaired) electrons. The van der Waals surface area contributed by atoms with Crippen LogP contribution in [-0.4, -0.2) is 43.3 Å². The van der Waals surface area contributed by atoms with E-state index in [-0.39, 0.29) is 23.0 Å². The van der Waals surface area contributed by atoms with Crippen molar-refractivity contribution >= 4 is 39.1 Å². The summed E-state index contributed by atoms with van der Waals surface area (Å²) in [6.45, 7) is 8.78. The van der Waals surface area contributed by atoms with E-state index in [2.05, 4.69) is 5.32 Å². The number of sulfonamides is 1. The number of carbonyl (C=O) groups is 2. The average Bonchev–Trinajstić information content (AvgIpc) is 2.84. The molecule has 0 aliphatic rings. The molecule has 0 bridgehead atoms. The Labute approximate surface area is 230 Å². The lowest BCUT2D eigenvalue weighted by Gasteiger charge is -2.33. The van der Waals surface area contributed by atoms with Crippen LogP contribution < -0.4 is 9.62 Å². The number of nitrogens with zero attached hydrogens (tertiary/aromatic N) is 2. The van der Waals surface area contributed by atoms with Gasteiger partial charge in [-0.3, -0.25) is 13.9 Å². The topological polar surface area (TPSA) is 86.8 Å². The quantitative estimate of drug-likeness (QED) is 0.394. The van der Waals surface area contributed by atoms with Crippen LogP contribution in [0, 0.1) is 6.92 Å². The van der Waals surface area contributed by atoms with Crippen molar-refractivity contribution in [2.75, 3.05) is 10.8 Å². The van der Waals surface area contributed by atoms with E-state index in [1.165, 1.54) is 23.1 Å². The van der Waals surface area contributed by atoms with Crippen LogP contribution in [0.4, 0.5) is 5.69 Å². The van der Waals surface area contributed by atoms with Gasteiger partial charge in [0.25, 0.3) is 10.0 Å². The molecule has 0 spiro atoms. The molecule has 7 nitrogen and oxygen atoms in total. The van der Waals surface area contributed by atoms with Gasteiger partial charge in [0.15, 0.2) is 0 Å². The van der Waals surface area contributed by atoms with Gasteiger partial charge in [-0.05, 0) is 70.5 Å². The fraction of sp³-hybridized carbons (Fsp3) is 0.310. The summed E-state index contributed by atoms with van der Waals surface area (Å²) >= 11 is 6.19. The predicted octanol–water partition coefficient (Wildman–Crippen LogP) is 5.18. The Morgan fingerprint density at radius 3 is 2.21 bits per heavy atom. The molecule has 38 heavy (non-hydrogen) atoms. The smallest absolute Gasteiger partial charge is 0.264 e. The molecule has 0 fully saturated rings. The second-order valence-corrected chi connectivity index (χ2v) is 12.5. The highest BCUT2D eigenvalue weighted by Crippen LogP contribution is 2.27. The number of rotatable bonds is 9. The minimum atomic E-state index is -4.13. The summed E-state index contributed by atoms with van der Waals surface area (Å²) < 4.78 is 28.5. The van der Waals surface area contributed by atoms with Gasteiger partial charge in [0.05, 0.1) is 10.6 Å². The lowest BCUT2D eigenvalue weighted by atomic mass is 10.1. The monoisotopic (exact) mass is 555 g/mol. The van der Waals surface area contributed by atoms with Crippen LogP contribution in [0.25, 0.3) is 0 Å². The fourth-order valence-electron chi connectivity index (χ4n) is 3.94. The Bertz CT molecular complexity index is 1390. The van der Waals surface area contributed by atoms with Gasteiger partial charge in [-0.25, -0.2) is 8.42 Å². The highest BCUT2D eigenvalue weighted by molar-refractivity contribution is 7.92. The lowest BCUT2D eigenvalue weighted by Crippen LogP contribution is -2.54. The number of hydrogen-bond donors (Lipinski definition) is 1. The number of benzene rings is 3. The van der Waals surface area contributed by atoms with E-state index in [0.29, 0.717) is 5.02 Å². The van der Waals surface area contributed by atoms with Gasteiger partial charge < -0.3 is 10.2 Å². The van der Waals surface area contributed by atoms with Gasteiger partial charge in [0.2, 0.25) is 11.8 Å². The zero-order valence-corrected chi connectivity index (χ0v) is 23.9. The molecule has 0 saturated heterocycles. The largest absolute Gasteiger partial charge is 0.350 e. The Morgan fingerprint density at radius 2 is 1.61 bits per heavy atom. The molecule has 9 heteroatoms. The van der Waals surface area contributed by atoms with E-state index < -0.39 is 34.1 Å². The molecule has 3 aromatic carbocycles. The van der Waals surface area contributed by atoms with E-state index in [9.17, 15) is 18.0 Å². The van der Waals surface area contributed by atoms with Gasteiger partial charge in [-0.1, -0.05) is 65.7 Å². The Morgan fingerprint density at radius 1 is 0.947 bits per heavy atom. The zero-order valence-electron chi connectivity index (χ0n) is 22.3. The van der Waals surface area contributed by atoms with Crippen molar-refractivity contribution in [3.8, 4) is 0 Å². The second kappa shape index (κ2) is 12.0. The number of hydrogen-bond acceptors (Lipinski definition) is 4. The van der Waals surface area contributed by atoms with Crippen LogP contribution in [0.2, 0.25) is 5.02 Å². The van der Waals surface area contributed by atoms with Crippen LogP contribution in [0.3, 0.4) is 0 Å². The van der Waals surface area contributed by atoms with E-state index >= 15 is 0 Å². The third kappa shape index (κ3) is 7.58. The molecule has 0 aliphatic carbocycles. The summed E-state index contributed by atoms with van der Waals surface area (Å²) in [5.74, 6) is -0.860. The lowest BCUT2D eigenvalue weighted by molar-refractivity contribution is -0.140. The van der Waals surface area contributed by atoms with Crippen LogP contribution >= 0.6 is 11.6 Å². The Hall–Kier alpha value is -3.36. The SMILES string of the molecule is Cc1cccc(CN(C(=O)CN(c2cccc(Cl)c2)S(=O)(=O)c2ccccc2)C(C)C(=O)NC(C)(C)C)c1. The van der Waals surface area contributed by atoms with Crippen molar-refractivity contribution in [3.05, 3.63) is 95.0 Å². The van der Waals surface area contributed by atoms with E-state index in [1.807, 2.05) is 52.0 Å². The van der Waals surface area contributed by atoms with Gasteiger partial charge >= 0.3 is 0 Å².